The lowest BCUT2D eigenvalue weighted by molar-refractivity contribution is -0.154. The highest BCUT2D eigenvalue weighted by Crippen LogP contribution is 2.31. The van der Waals surface area contributed by atoms with Crippen LogP contribution in [0.2, 0.25) is 0 Å². The number of hydrogen-bond donors (Lipinski definition) is 3. The van der Waals surface area contributed by atoms with Gasteiger partial charge in [-0.05, 0) is 43.9 Å². The van der Waals surface area contributed by atoms with E-state index >= 15 is 0 Å². The van der Waals surface area contributed by atoms with Crippen molar-refractivity contribution < 1.29 is 19.4 Å². The van der Waals surface area contributed by atoms with Gasteiger partial charge in [-0.2, -0.15) is 0 Å². The Balaban J connectivity index is 1.53. The van der Waals surface area contributed by atoms with Gasteiger partial charge in [-0.1, -0.05) is 12.8 Å². The number of aromatic amines is 1. The van der Waals surface area contributed by atoms with Gasteiger partial charge in [0, 0.05) is 31.4 Å². The van der Waals surface area contributed by atoms with Gasteiger partial charge in [0.05, 0.1) is 16.4 Å². The van der Waals surface area contributed by atoms with E-state index in [0.29, 0.717) is 37.1 Å². The molecule has 1 amide bonds. The van der Waals surface area contributed by atoms with E-state index in [9.17, 15) is 19.5 Å². The largest absolute Gasteiger partial charge is 0.481 e. The molecule has 2 aliphatic rings. The van der Waals surface area contributed by atoms with Gasteiger partial charge >= 0.3 is 11.7 Å². The van der Waals surface area contributed by atoms with Crippen molar-refractivity contribution in [1.29, 1.82) is 0 Å². The summed E-state index contributed by atoms with van der Waals surface area (Å²) in [5, 5.41) is 12.4. The number of carbonyl (C=O) groups excluding carboxylic acids is 1. The maximum absolute atomic E-state index is 12.6. The van der Waals surface area contributed by atoms with Crippen LogP contribution in [-0.4, -0.2) is 46.3 Å². The summed E-state index contributed by atoms with van der Waals surface area (Å²) in [6.45, 7) is 0.816. The summed E-state index contributed by atoms with van der Waals surface area (Å²) in [7, 11) is 0. The average molecular weight is 387 g/mol. The molecule has 1 aromatic heterocycles. The summed E-state index contributed by atoms with van der Waals surface area (Å²) >= 11 is 0. The molecule has 1 saturated carbocycles. The van der Waals surface area contributed by atoms with Crippen LogP contribution < -0.4 is 11.0 Å². The highest BCUT2D eigenvalue weighted by molar-refractivity contribution is 5.97. The Labute approximate surface area is 161 Å². The summed E-state index contributed by atoms with van der Waals surface area (Å²) in [6.07, 6.45) is 4.99. The molecule has 2 heterocycles. The monoisotopic (exact) mass is 387 g/mol. The van der Waals surface area contributed by atoms with Gasteiger partial charge in [0.15, 0.2) is 0 Å². The molecule has 8 heteroatoms. The number of hydrogen-bond acceptors (Lipinski definition) is 4. The first kappa shape index (κ1) is 18.7. The van der Waals surface area contributed by atoms with Gasteiger partial charge in [0.25, 0.3) is 5.91 Å². The van der Waals surface area contributed by atoms with Crippen LogP contribution in [0.15, 0.2) is 23.0 Å². The Morgan fingerprint density at radius 3 is 2.64 bits per heavy atom. The second-order valence-corrected chi connectivity index (χ2v) is 7.85. The number of carbonyl (C=O) groups is 2. The second-order valence-electron chi connectivity index (χ2n) is 7.85. The van der Waals surface area contributed by atoms with Crippen LogP contribution in [0.1, 0.15) is 54.9 Å². The van der Waals surface area contributed by atoms with Crippen LogP contribution in [0, 0.1) is 5.41 Å². The van der Waals surface area contributed by atoms with Crippen LogP contribution in [-0.2, 0) is 9.53 Å². The fraction of sp³-hybridized carbons (Fsp3) is 0.550. The number of nitrogens with one attached hydrogen (secondary N) is 2. The number of benzene rings is 1. The third-order valence-electron chi connectivity index (χ3n) is 6.16. The smallest absolute Gasteiger partial charge is 0.326 e. The van der Waals surface area contributed by atoms with Crippen LogP contribution in [0.5, 0.6) is 0 Å². The molecular weight excluding hydrogens is 362 g/mol. The van der Waals surface area contributed by atoms with Gasteiger partial charge in [-0.25, -0.2) is 4.79 Å². The van der Waals surface area contributed by atoms with E-state index in [1.807, 2.05) is 0 Å². The Bertz CT molecular complexity index is 948. The summed E-state index contributed by atoms with van der Waals surface area (Å²) in [4.78, 5) is 39.6. The lowest BCUT2D eigenvalue weighted by atomic mass is 9.80. The number of H-pyrrole nitrogens is 1. The van der Waals surface area contributed by atoms with Crippen molar-refractivity contribution in [3.05, 3.63) is 34.2 Å². The molecule has 150 valence electrons. The van der Waals surface area contributed by atoms with Crippen molar-refractivity contribution in [2.45, 2.75) is 44.6 Å². The highest BCUT2D eigenvalue weighted by atomic mass is 16.5. The number of amides is 1. The predicted octanol–water partition coefficient (Wildman–Crippen LogP) is 2.06. The zero-order valence-corrected chi connectivity index (χ0v) is 15.7. The average Bonchev–Trinajstić information content (AvgIpc) is 3.32. The first-order valence-electron chi connectivity index (χ1n) is 9.84. The molecule has 2 fully saturated rings. The molecule has 0 spiro atoms. The number of imidazole rings is 1. The van der Waals surface area contributed by atoms with Crippen molar-refractivity contribution in [3.8, 4) is 0 Å². The molecule has 28 heavy (non-hydrogen) atoms. The van der Waals surface area contributed by atoms with E-state index in [1.54, 1.807) is 22.8 Å². The molecule has 1 aromatic carbocycles. The SMILES string of the molecule is O=C(NCC1(C(=O)O)CCOCC1)c1ccc2c(c1)[nH]c(=O)n2C1CCCC1. The zero-order valence-electron chi connectivity index (χ0n) is 15.7. The minimum Gasteiger partial charge on any atom is -0.481 e. The van der Waals surface area contributed by atoms with Gasteiger partial charge in [-0.3, -0.25) is 14.2 Å². The first-order chi connectivity index (χ1) is 13.5. The van der Waals surface area contributed by atoms with Crippen molar-refractivity contribution >= 4 is 22.9 Å². The van der Waals surface area contributed by atoms with Gasteiger partial charge in [-0.15, -0.1) is 0 Å². The number of rotatable bonds is 5. The third-order valence-corrected chi connectivity index (χ3v) is 6.16. The molecule has 2 aromatic rings. The molecule has 3 N–H and O–H groups in total. The van der Waals surface area contributed by atoms with Gasteiger partial charge in [0.1, 0.15) is 0 Å². The highest BCUT2D eigenvalue weighted by Gasteiger charge is 2.40. The number of ether oxygens (including phenoxy) is 1. The Morgan fingerprint density at radius 1 is 1.25 bits per heavy atom. The number of fused-ring (bicyclic) bond motifs is 1. The quantitative estimate of drug-likeness (QED) is 0.727. The lowest BCUT2D eigenvalue weighted by Crippen LogP contribution is -2.46. The van der Waals surface area contributed by atoms with E-state index in [-0.39, 0.29) is 24.2 Å². The summed E-state index contributed by atoms with van der Waals surface area (Å²) < 4.78 is 7.06. The molecule has 8 nitrogen and oxygen atoms in total. The van der Waals surface area contributed by atoms with E-state index in [1.165, 1.54) is 0 Å². The molecule has 0 bridgehead atoms. The van der Waals surface area contributed by atoms with Crippen molar-refractivity contribution in [2.24, 2.45) is 5.41 Å². The molecule has 0 radical (unpaired) electrons. The van der Waals surface area contributed by atoms with Crippen LogP contribution in [0.4, 0.5) is 0 Å². The van der Waals surface area contributed by atoms with Crippen LogP contribution in [0.3, 0.4) is 0 Å². The fourth-order valence-electron chi connectivity index (χ4n) is 4.38. The maximum Gasteiger partial charge on any atom is 0.326 e. The number of carboxylic acids is 1. The van der Waals surface area contributed by atoms with Crippen molar-refractivity contribution in [2.75, 3.05) is 19.8 Å². The summed E-state index contributed by atoms with van der Waals surface area (Å²) in [5.74, 6) is -1.26. The van der Waals surface area contributed by atoms with E-state index in [4.69, 9.17) is 4.74 Å². The number of carboxylic acid groups (broad SMARTS) is 1. The summed E-state index contributed by atoms with van der Waals surface area (Å²) in [5.41, 5.74) is 0.702. The van der Waals surface area contributed by atoms with E-state index in [0.717, 1.165) is 31.2 Å². The Morgan fingerprint density at radius 2 is 1.96 bits per heavy atom. The van der Waals surface area contributed by atoms with Crippen molar-refractivity contribution in [3.63, 3.8) is 0 Å². The van der Waals surface area contributed by atoms with Gasteiger partial charge < -0.3 is 20.1 Å². The minimum absolute atomic E-state index is 0.0577. The van der Waals surface area contributed by atoms with Crippen LogP contribution in [0.25, 0.3) is 11.0 Å². The van der Waals surface area contributed by atoms with Crippen molar-refractivity contribution in [1.82, 2.24) is 14.9 Å². The molecule has 0 unspecified atom stereocenters. The summed E-state index contributed by atoms with van der Waals surface area (Å²) in [6, 6.07) is 5.36. The zero-order chi connectivity index (χ0) is 19.7. The molecule has 1 aliphatic carbocycles. The maximum atomic E-state index is 12.6. The third kappa shape index (κ3) is 3.32. The van der Waals surface area contributed by atoms with E-state index in [2.05, 4.69) is 10.3 Å². The topological polar surface area (TPSA) is 113 Å². The lowest BCUT2D eigenvalue weighted by Gasteiger charge is -2.33. The number of aliphatic carboxylic acids is 1. The Hall–Kier alpha value is -2.61. The normalized spacial score (nSPS) is 19.7. The first-order valence-corrected chi connectivity index (χ1v) is 9.84. The fourth-order valence-corrected chi connectivity index (χ4v) is 4.38. The Kier molecular flexibility index (Phi) is 4.97. The predicted molar refractivity (Wildman–Crippen MR) is 103 cm³/mol. The number of nitrogens with zero attached hydrogens (tertiary/aromatic N) is 1. The van der Waals surface area contributed by atoms with E-state index < -0.39 is 11.4 Å². The van der Waals surface area contributed by atoms with Gasteiger partial charge in [0.2, 0.25) is 0 Å². The standard InChI is InChI=1S/C20H25N3O5/c24-17(21-12-20(18(25)26)7-9-28-10-8-20)13-5-6-16-15(11-13)22-19(27)23(16)14-3-1-2-4-14/h5-6,11,14H,1-4,7-10,12H2,(H,21,24)(H,22,27)(H,25,26). The molecule has 4 rings (SSSR count). The molecule has 1 aliphatic heterocycles. The minimum atomic E-state index is -0.988. The number of aromatic nitrogens is 2. The molecule has 1 saturated heterocycles. The second kappa shape index (κ2) is 7.43. The van der Waals surface area contributed by atoms with Crippen LogP contribution >= 0.6 is 0 Å². The molecular formula is C20H25N3O5. The molecule has 0 atom stereocenters.